The molecule has 23 heteroatoms. The van der Waals surface area contributed by atoms with Crippen LogP contribution in [-0.4, -0.2) is 196 Å². The number of rotatable bonds is 50. The molecule has 576 valence electrons. The summed E-state index contributed by atoms with van der Waals surface area (Å²) in [6.07, 6.45) is 19.3. The van der Waals surface area contributed by atoms with Crippen LogP contribution >= 0.6 is 0 Å². The minimum Gasteiger partial charge on any atom is -0.398 e. The number of hydrogen-bond donors (Lipinski definition) is 0. The third-order valence-electron chi connectivity index (χ3n) is 15.7. The van der Waals surface area contributed by atoms with E-state index in [2.05, 4.69) is 154 Å². The van der Waals surface area contributed by atoms with Crippen LogP contribution in [-0.2, 0) is 64.0 Å². The number of benzene rings is 1. The molecule has 0 aliphatic heterocycles. The number of aryl methyl sites for hydroxylation is 1. The molecule has 1 rings (SSSR count). The first-order valence-corrected chi connectivity index (χ1v) is 47.5. The van der Waals surface area contributed by atoms with Crippen LogP contribution in [0.1, 0.15) is 227 Å². The lowest BCUT2D eigenvalue weighted by Crippen LogP contribution is -2.46. The Morgan fingerprint density at radius 2 is 0.629 bits per heavy atom. The van der Waals surface area contributed by atoms with Crippen molar-refractivity contribution in [3.8, 4) is 0 Å². The van der Waals surface area contributed by atoms with Gasteiger partial charge in [0.25, 0.3) is 0 Å². The predicted molar refractivity (Wildman–Crippen MR) is 429 cm³/mol. The molecule has 0 amide bonds. The summed E-state index contributed by atoms with van der Waals surface area (Å²) in [6, 6.07) is 14.0. The van der Waals surface area contributed by atoms with Gasteiger partial charge >= 0.3 is 43.5 Å². The van der Waals surface area contributed by atoms with Crippen LogP contribution < -0.4 is 0 Å². The molecule has 0 aliphatic carbocycles. The third-order valence-corrected chi connectivity index (χ3v) is 29.7. The van der Waals surface area contributed by atoms with E-state index in [0.717, 1.165) is 139 Å². The highest BCUT2D eigenvalue weighted by Gasteiger charge is 2.39. The van der Waals surface area contributed by atoms with Crippen molar-refractivity contribution in [2.24, 2.45) is 54.6 Å². The number of aliphatic imine (C=N–C) groups is 5. The Morgan fingerprint density at radius 1 is 0.330 bits per heavy atom. The van der Waals surface area contributed by atoms with E-state index < -0.39 is 43.5 Å². The molecule has 0 aliphatic rings. The Kier molecular flexibility index (Phi) is 70.7. The molecule has 18 nitrogen and oxygen atoms in total. The van der Waals surface area contributed by atoms with Gasteiger partial charge in [-0.25, -0.2) is 0 Å². The van der Waals surface area contributed by atoms with E-state index in [9.17, 15) is 0 Å². The molecular weight excluding hydrogens is 1310 g/mol. The van der Waals surface area contributed by atoms with Crippen LogP contribution in [0.2, 0.25) is 37.3 Å². The van der Waals surface area contributed by atoms with Crippen molar-refractivity contribution >= 4 is 72.1 Å². The summed E-state index contributed by atoms with van der Waals surface area (Å²) in [7, 11) is 7.23. The summed E-state index contributed by atoms with van der Waals surface area (Å²) < 4.78 is 70.7. The van der Waals surface area contributed by atoms with E-state index in [1.165, 1.54) is 73.4 Å². The Balaban J connectivity index is -0.000000356. The molecule has 0 unspecified atom stereocenters. The van der Waals surface area contributed by atoms with Gasteiger partial charge in [0.1, 0.15) is 6.17 Å². The molecular formula is C74H157N5O13Si5. The number of hydrogen-bond acceptors (Lipinski definition) is 18. The molecule has 97 heavy (non-hydrogen) atoms. The second kappa shape index (κ2) is 66.1. The Hall–Kier alpha value is -1.87. The van der Waals surface area contributed by atoms with Gasteiger partial charge in [0.15, 0.2) is 0 Å². The smallest absolute Gasteiger partial charge is 0.398 e. The van der Waals surface area contributed by atoms with Gasteiger partial charge in [0.05, 0.1) is 0 Å². The molecule has 0 radical (unpaired) electrons. The van der Waals surface area contributed by atoms with Crippen LogP contribution in [0.5, 0.6) is 0 Å². The second-order valence-corrected chi connectivity index (χ2v) is 43.3. The largest absolute Gasteiger partial charge is 0.522 e. The standard InChI is InChI=1S/C19H41NO3Si.C14H31NO2Si.C12H27NO2Si.C11H18O3Si.C10H23NO3Si.C8H17N/c1-18(2)17-19(3)20-15-13-11-9-7-8-10-12-14-16-24(21-4,22-5)23-6;1-7-16-18(6,17-8-2)11-9-10-15-14(5)12-13(3)4;1-11(2)10-12(3)13-8-7-9-16(6,14-4)15-5;1-12-15(13-2,14-3)10-9-11-7-5-4-6-8-11;1-9(2)7-10(3)11-8-15(12-4,13-5)14-6;1-5-9-8(4)6-7(2)3/h18H,7-17H2,1-6H3;13H,7-12H2,1-6H3;11H,7-10H2,1-6H3;4-8H,9-10H2,1-3H3;9H,7-8H2,1-6H3;7H,5-6H2,1-4H3. The van der Waals surface area contributed by atoms with E-state index >= 15 is 0 Å². The maximum absolute atomic E-state index is 5.81. The monoisotopic (exact) mass is 1460 g/mol. The van der Waals surface area contributed by atoms with Crippen molar-refractivity contribution in [2.45, 2.75) is 265 Å². The lowest BCUT2D eigenvalue weighted by atomic mass is 10.1. The first kappa shape index (κ1) is 104. The summed E-state index contributed by atoms with van der Waals surface area (Å²) >= 11 is 0. The molecule has 0 N–H and O–H groups in total. The summed E-state index contributed by atoms with van der Waals surface area (Å²) in [5, 5.41) is 0. The highest BCUT2D eigenvalue weighted by molar-refractivity contribution is 6.66. The van der Waals surface area contributed by atoms with Gasteiger partial charge < -0.3 is 57.5 Å². The highest BCUT2D eigenvalue weighted by Crippen LogP contribution is 2.21. The molecule has 0 saturated heterocycles. The van der Waals surface area contributed by atoms with E-state index in [0.29, 0.717) is 23.9 Å². The van der Waals surface area contributed by atoms with Crippen LogP contribution in [0.3, 0.4) is 0 Å². The van der Waals surface area contributed by atoms with Gasteiger partial charge in [-0.2, -0.15) is 0 Å². The fourth-order valence-corrected chi connectivity index (χ4v) is 19.1. The highest BCUT2D eigenvalue weighted by atomic mass is 28.4. The van der Waals surface area contributed by atoms with Gasteiger partial charge in [0, 0.05) is 158 Å². The Labute approximate surface area is 605 Å². The molecule has 1 aromatic carbocycles. The molecule has 0 saturated carbocycles. The third kappa shape index (κ3) is 62.4. The zero-order valence-corrected chi connectivity index (χ0v) is 73.9. The Morgan fingerprint density at radius 3 is 0.948 bits per heavy atom. The minimum absolute atomic E-state index is 0.495. The lowest BCUT2D eigenvalue weighted by Gasteiger charge is -2.25. The van der Waals surface area contributed by atoms with Crippen LogP contribution in [0.15, 0.2) is 55.3 Å². The van der Waals surface area contributed by atoms with Crippen molar-refractivity contribution in [3.05, 3.63) is 35.9 Å². The minimum atomic E-state index is -2.52. The van der Waals surface area contributed by atoms with Crippen LogP contribution in [0.25, 0.3) is 0 Å². The average molecular weight is 1470 g/mol. The zero-order chi connectivity index (χ0) is 75.2. The molecule has 0 aromatic heterocycles. The SMILES string of the molecule is CCN=C(C)CC(C)C.CCO[Si](C)(CCCN=C(C)CC(C)C)OCC.CO[Si](C)(CCCN=C(C)CC(C)C)OC.CO[Si](CCCCCCCCCCN=C(C)CC(C)C)(OC)OC.CO[Si](CCc1ccccc1)(OC)OC.CO[Si](CN=C(C)CC(C)C)(OC)OC. The van der Waals surface area contributed by atoms with E-state index in [1.807, 2.05) is 39.0 Å². The summed E-state index contributed by atoms with van der Waals surface area (Å²) in [4.78, 5) is 22.6. The fourth-order valence-electron chi connectivity index (χ4n) is 10.5. The van der Waals surface area contributed by atoms with E-state index in [-0.39, 0.29) is 0 Å². The van der Waals surface area contributed by atoms with Gasteiger partial charge in [0.2, 0.25) is 0 Å². The fraction of sp³-hybridized carbons (Fsp3) is 0.851. The molecule has 0 spiro atoms. The maximum Gasteiger partial charge on any atom is 0.522 e. The van der Waals surface area contributed by atoms with E-state index in [4.69, 9.17) is 57.5 Å². The topological polar surface area (TPSA) is 182 Å². The molecule has 0 fully saturated rings. The van der Waals surface area contributed by atoms with Crippen LogP contribution in [0.4, 0.5) is 0 Å². The summed E-state index contributed by atoms with van der Waals surface area (Å²) in [6.45, 7) is 48.4. The quantitative estimate of drug-likeness (QED) is 0.0342. The van der Waals surface area contributed by atoms with Crippen LogP contribution in [0, 0.1) is 29.6 Å². The first-order chi connectivity index (χ1) is 45.8. The average Bonchev–Trinajstić information content (AvgIpc) is 1.23. The normalized spacial score (nSPS) is 13.1. The van der Waals surface area contributed by atoms with Crippen molar-refractivity contribution < 1.29 is 57.5 Å². The summed E-state index contributed by atoms with van der Waals surface area (Å²) in [5.74, 6) is 3.48. The van der Waals surface area contributed by atoms with Crippen molar-refractivity contribution in [2.75, 3.05) is 124 Å². The van der Waals surface area contributed by atoms with Crippen molar-refractivity contribution in [3.63, 3.8) is 0 Å². The van der Waals surface area contributed by atoms with Crippen molar-refractivity contribution in [1.29, 1.82) is 0 Å². The zero-order valence-electron chi connectivity index (χ0n) is 68.9. The number of unbranched alkanes of at least 4 members (excludes halogenated alkanes) is 7. The first-order valence-electron chi connectivity index (χ1n) is 36.7. The Bertz CT molecular complexity index is 2040. The summed E-state index contributed by atoms with van der Waals surface area (Å²) in [5.41, 5.74) is 7.52. The number of nitrogens with zero attached hydrogens (tertiary/aromatic N) is 5. The maximum atomic E-state index is 5.81. The van der Waals surface area contributed by atoms with Crippen molar-refractivity contribution in [1.82, 2.24) is 0 Å². The van der Waals surface area contributed by atoms with Gasteiger partial charge in [-0.1, -0.05) is 138 Å². The van der Waals surface area contributed by atoms with Gasteiger partial charge in [-0.15, -0.1) is 0 Å². The molecule has 0 atom stereocenters. The van der Waals surface area contributed by atoms with E-state index in [1.54, 1.807) is 78.2 Å². The molecule has 1 aromatic rings. The molecule has 0 heterocycles. The molecule has 0 bridgehead atoms. The lowest BCUT2D eigenvalue weighted by molar-refractivity contribution is 0.122. The van der Waals surface area contributed by atoms with Gasteiger partial charge in [-0.05, 0) is 180 Å². The van der Waals surface area contributed by atoms with Gasteiger partial charge in [-0.3, -0.25) is 25.0 Å². The predicted octanol–water partition coefficient (Wildman–Crippen LogP) is 19.3. The second-order valence-electron chi connectivity index (χ2n) is 27.3.